The summed E-state index contributed by atoms with van der Waals surface area (Å²) in [7, 11) is 2.05. The lowest BCUT2D eigenvalue weighted by Gasteiger charge is -2.04. The molecule has 1 aromatic rings. The molecule has 0 heterocycles. The molecule has 0 spiro atoms. The summed E-state index contributed by atoms with van der Waals surface area (Å²) in [6.07, 6.45) is 2.40. The molecule has 12 heavy (non-hydrogen) atoms. The van der Waals surface area contributed by atoms with Crippen LogP contribution in [-0.2, 0) is 12.8 Å². The third-order valence-corrected chi connectivity index (χ3v) is 2.70. The van der Waals surface area contributed by atoms with E-state index in [1.165, 1.54) is 29.5 Å². The van der Waals surface area contributed by atoms with Crippen LogP contribution in [0.15, 0.2) is 18.2 Å². The minimum Gasteiger partial charge on any atom is -0.316 e. The lowest BCUT2D eigenvalue weighted by molar-refractivity contribution is 0.593. The maximum atomic E-state index is 3.33. The predicted molar refractivity (Wildman–Crippen MR) is 51.4 cm³/mol. The molecule has 0 saturated heterocycles. The van der Waals surface area contributed by atoms with Gasteiger partial charge in [0.2, 0.25) is 0 Å². The minimum atomic E-state index is 0.668. The molecule has 1 unspecified atom stereocenters. The van der Waals surface area contributed by atoms with Crippen LogP contribution in [0.1, 0.15) is 16.7 Å². The zero-order chi connectivity index (χ0) is 8.55. The molecule has 1 nitrogen and oxygen atoms in total. The van der Waals surface area contributed by atoms with Crippen molar-refractivity contribution in [3.8, 4) is 0 Å². The molecule has 0 saturated carbocycles. The first-order valence-electron chi connectivity index (χ1n) is 4.55. The molecule has 1 aromatic carbocycles. The molecule has 0 bridgehead atoms. The Morgan fingerprint density at radius 1 is 1.25 bits per heavy atom. The molecule has 2 rings (SSSR count). The summed E-state index contributed by atoms with van der Waals surface area (Å²) in [6.45, 7) is 2.16. The van der Waals surface area contributed by atoms with Crippen LogP contribution in [-0.4, -0.2) is 13.1 Å². The average molecular weight is 161 g/mol. The molecule has 1 N–H and O–H groups in total. The third kappa shape index (κ3) is 1.25. The van der Waals surface area contributed by atoms with Gasteiger partial charge in [0.05, 0.1) is 0 Å². The van der Waals surface area contributed by atoms with Crippen LogP contribution in [0.25, 0.3) is 0 Å². The monoisotopic (exact) mass is 161 g/mol. The number of likely N-dealkylation sites (N-methyl/N-ethyl adjacent to an activating group) is 1. The predicted octanol–water partition coefficient (Wildman–Crippen LogP) is 1.68. The topological polar surface area (TPSA) is 12.0 Å². The van der Waals surface area contributed by atoms with E-state index >= 15 is 0 Å². The maximum Gasteiger partial charge on any atom is 0.0145 e. The third-order valence-electron chi connectivity index (χ3n) is 2.70. The Labute approximate surface area is 73.8 Å². The van der Waals surface area contributed by atoms with E-state index in [0.717, 1.165) is 0 Å². The second-order valence-corrected chi connectivity index (χ2v) is 3.67. The van der Waals surface area contributed by atoms with Crippen LogP contribution >= 0.6 is 0 Å². The first-order valence-corrected chi connectivity index (χ1v) is 4.55. The Morgan fingerprint density at radius 3 is 2.75 bits per heavy atom. The number of aryl methyl sites for hydroxylation is 1. The Balaban J connectivity index is 2.30. The van der Waals surface area contributed by atoms with Crippen LogP contribution in [0.5, 0.6) is 0 Å². The van der Waals surface area contributed by atoms with Gasteiger partial charge in [0.1, 0.15) is 0 Å². The van der Waals surface area contributed by atoms with Gasteiger partial charge in [-0.3, -0.25) is 0 Å². The molecule has 1 aliphatic rings. The summed E-state index contributed by atoms with van der Waals surface area (Å²) in [5.74, 6) is 0. The quantitative estimate of drug-likeness (QED) is 0.661. The van der Waals surface area contributed by atoms with Gasteiger partial charge in [-0.15, -0.1) is 0 Å². The zero-order valence-electron chi connectivity index (χ0n) is 7.72. The van der Waals surface area contributed by atoms with Crippen molar-refractivity contribution in [2.24, 2.45) is 0 Å². The van der Waals surface area contributed by atoms with Gasteiger partial charge in [-0.05, 0) is 37.9 Å². The van der Waals surface area contributed by atoms with E-state index in [9.17, 15) is 0 Å². The number of hydrogen-bond acceptors (Lipinski definition) is 1. The molecule has 0 radical (unpaired) electrons. The van der Waals surface area contributed by atoms with E-state index in [4.69, 9.17) is 0 Å². The van der Waals surface area contributed by atoms with Crippen LogP contribution < -0.4 is 5.32 Å². The summed E-state index contributed by atoms with van der Waals surface area (Å²) < 4.78 is 0. The highest BCUT2D eigenvalue weighted by atomic mass is 14.9. The van der Waals surface area contributed by atoms with Crippen molar-refractivity contribution in [1.82, 2.24) is 5.32 Å². The summed E-state index contributed by atoms with van der Waals surface area (Å²) in [5, 5.41) is 3.33. The lowest BCUT2D eigenvalue weighted by Crippen LogP contribution is -2.24. The highest BCUT2D eigenvalue weighted by molar-refractivity contribution is 5.36. The van der Waals surface area contributed by atoms with Gasteiger partial charge >= 0.3 is 0 Å². The molecule has 0 aromatic heterocycles. The molecule has 0 amide bonds. The summed E-state index contributed by atoms with van der Waals surface area (Å²) in [6, 6.07) is 7.45. The fraction of sp³-hybridized carbons (Fsp3) is 0.455. The molecule has 1 aliphatic carbocycles. The second kappa shape index (κ2) is 2.91. The normalized spacial score (nSPS) is 21.0. The summed E-state index contributed by atoms with van der Waals surface area (Å²) in [5.41, 5.74) is 4.44. The van der Waals surface area contributed by atoms with Crippen LogP contribution in [0.3, 0.4) is 0 Å². The Hall–Kier alpha value is -0.820. The van der Waals surface area contributed by atoms with Crippen molar-refractivity contribution in [2.45, 2.75) is 25.8 Å². The lowest BCUT2D eigenvalue weighted by atomic mass is 10.1. The van der Waals surface area contributed by atoms with E-state index in [1.807, 2.05) is 7.05 Å². The van der Waals surface area contributed by atoms with Crippen LogP contribution in [0.4, 0.5) is 0 Å². The maximum absolute atomic E-state index is 3.33. The van der Waals surface area contributed by atoms with Crippen molar-refractivity contribution in [2.75, 3.05) is 7.05 Å². The summed E-state index contributed by atoms with van der Waals surface area (Å²) in [4.78, 5) is 0. The fourth-order valence-electron chi connectivity index (χ4n) is 1.95. The van der Waals surface area contributed by atoms with Gasteiger partial charge in [-0.1, -0.05) is 23.8 Å². The molecular weight excluding hydrogens is 146 g/mol. The van der Waals surface area contributed by atoms with E-state index in [2.05, 4.69) is 30.4 Å². The van der Waals surface area contributed by atoms with Gasteiger partial charge < -0.3 is 5.32 Å². The molecule has 1 heteroatoms. The molecule has 0 fully saturated rings. The van der Waals surface area contributed by atoms with Crippen molar-refractivity contribution in [3.05, 3.63) is 34.9 Å². The molecule has 64 valence electrons. The molecule has 0 aliphatic heterocycles. The summed E-state index contributed by atoms with van der Waals surface area (Å²) >= 11 is 0. The van der Waals surface area contributed by atoms with E-state index in [-0.39, 0.29) is 0 Å². The number of nitrogens with one attached hydrogen (secondary N) is 1. The van der Waals surface area contributed by atoms with E-state index in [0.29, 0.717) is 6.04 Å². The van der Waals surface area contributed by atoms with Gasteiger partial charge in [0, 0.05) is 6.04 Å². The largest absolute Gasteiger partial charge is 0.316 e. The average Bonchev–Trinajstić information content (AvgIpc) is 2.46. The van der Waals surface area contributed by atoms with Crippen LogP contribution in [0, 0.1) is 6.92 Å². The Morgan fingerprint density at radius 2 is 2.00 bits per heavy atom. The van der Waals surface area contributed by atoms with Crippen molar-refractivity contribution in [3.63, 3.8) is 0 Å². The van der Waals surface area contributed by atoms with Crippen molar-refractivity contribution < 1.29 is 0 Å². The first kappa shape index (κ1) is 7.81. The Kier molecular flexibility index (Phi) is 1.89. The number of benzene rings is 1. The highest BCUT2D eigenvalue weighted by Crippen LogP contribution is 2.22. The van der Waals surface area contributed by atoms with Gasteiger partial charge in [0.15, 0.2) is 0 Å². The van der Waals surface area contributed by atoms with Crippen LogP contribution in [0.2, 0.25) is 0 Å². The zero-order valence-corrected chi connectivity index (χ0v) is 7.72. The number of fused-ring (bicyclic) bond motifs is 1. The van der Waals surface area contributed by atoms with Gasteiger partial charge in [0.25, 0.3) is 0 Å². The minimum absolute atomic E-state index is 0.668. The van der Waals surface area contributed by atoms with Crippen molar-refractivity contribution >= 4 is 0 Å². The molecular formula is C11H15N. The molecule has 1 atom stereocenters. The number of hydrogen-bond donors (Lipinski definition) is 1. The standard InChI is InChI=1S/C11H15N/c1-8-3-4-9-6-11(12-2)7-10(9)5-8/h3-5,11-12H,6-7H2,1-2H3. The number of rotatable bonds is 1. The smallest absolute Gasteiger partial charge is 0.0145 e. The second-order valence-electron chi connectivity index (χ2n) is 3.67. The van der Waals surface area contributed by atoms with Crippen molar-refractivity contribution in [1.29, 1.82) is 0 Å². The van der Waals surface area contributed by atoms with E-state index < -0.39 is 0 Å². The van der Waals surface area contributed by atoms with Gasteiger partial charge in [-0.25, -0.2) is 0 Å². The first-order chi connectivity index (χ1) is 5.79. The van der Waals surface area contributed by atoms with Gasteiger partial charge in [-0.2, -0.15) is 0 Å². The fourth-order valence-corrected chi connectivity index (χ4v) is 1.95. The highest BCUT2D eigenvalue weighted by Gasteiger charge is 2.18. The van der Waals surface area contributed by atoms with E-state index in [1.54, 1.807) is 0 Å². The SMILES string of the molecule is CNC1Cc2ccc(C)cc2C1. The Bertz CT molecular complexity index is 291.